The average Bonchev–Trinajstić information content (AvgIpc) is 3.13. The fourth-order valence-electron chi connectivity index (χ4n) is 4.08. The molecule has 0 bridgehead atoms. The Balaban J connectivity index is 1.60. The van der Waals surface area contributed by atoms with E-state index in [1.165, 1.54) is 0 Å². The van der Waals surface area contributed by atoms with Crippen LogP contribution in [0.1, 0.15) is 37.0 Å². The molecule has 3 heterocycles. The van der Waals surface area contributed by atoms with Gasteiger partial charge in [0.05, 0.1) is 0 Å². The molecule has 0 saturated carbocycles. The summed E-state index contributed by atoms with van der Waals surface area (Å²) >= 11 is 0. The highest BCUT2D eigenvalue weighted by Crippen LogP contribution is 2.25. The van der Waals surface area contributed by atoms with Gasteiger partial charge in [-0.2, -0.15) is 0 Å². The second-order valence-corrected chi connectivity index (χ2v) is 7.65. The lowest BCUT2D eigenvalue weighted by molar-refractivity contribution is 0.0637. The molecule has 3 aromatic rings. The first-order valence-electron chi connectivity index (χ1n) is 10.6. The minimum Gasteiger partial charge on any atom is -0.336 e. The molecule has 152 valence electrons. The third-order valence-corrected chi connectivity index (χ3v) is 5.52. The van der Waals surface area contributed by atoms with E-state index < -0.39 is 0 Å². The maximum atomic E-state index is 13.1. The predicted octanol–water partition coefficient (Wildman–Crippen LogP) is 3.68. The average molecular weight is 392 g/mol. The Hall–Kier alpha value is -2.73. The van der Waals surface area contributed by atoms with Crippen LogP contribution < -0.4 is 0 Å². The number of pyridine rings is 1. The van der Waals surface area contributed by atoms with E-state index >= 15 is 0 Å². The third-order valence-electron chi connectivity index (χ3n) is 5.52. The van der Waals surface area contributed by atoms with Gasteiger partial charge in [0.1, 0.15) is 11.3 Å². The van der Waals surface area contributed by atoms with Crippen LogP contribution in [-0.2, 0) is 6.54 Å². The monoisotopic (exact) mass is 391 g/mol. The Kier molecular flexibility index (Phi) is 5.90. The van der Waals surface area contributed by atoms with Crippen molar-refractivity contribution < 1.29 is 4.79 Å². The van der Waals surface area contributed by atoms with Crippen molar-refractivity contribution >= 4 is 17.1 Å². The normalized spacial score (nSPS) is 15.2. The molecule has 0 N–H and O–H groups in total. The summed E-state index contributed by atoms with van der Waals surface area (Å²) in [5.74, 6) is 0.988. The minimum absolute atomic E-state index is 0.110. The highest BCUT2D eigenvalue weighted by Gasteiger charge is 2.22. The van der Waals surface area contributed by atoms with E-state index in [2.05, 4.69) is 28.3 Å². The number of nitrogens with zero attached hydrogens (tertiary/aromatic N) is 5. The van der Waals surface area contributed by atoms with Crippen LogP contribution >= 0.6 is 0 Å². The van der Waals surface area contributed by atoms with Gasteiger partial charge in [-0.05, 0) is 43.7 Å². The van der Waals surface area contributed by atoms with Crippen molar-refractivity contribution in [3.05, 3.63) is 48.2 Å². The lowest BCUT2D eigenvalue weighted by Gasteiger charge is -2.34. The van der Waals surface area contributed by atoms with Crippen LogP contribution in [0.2, 0.25) is 0 Å². The molecular weight excluding hydrogens is 362 g/mol. The molecule has 1 fully saturated rings. The summed E-state index contributed by atoms with van der Waals surface area (Å²) in [5.41, 5.74) is 3.48. The molecule has 1 amide bonds. The molecule has 0 radical (unpaired) electrons. The van der Waals surface area contributed by atoms with Gasteiger partial charge in [-0.15, -0.1) is 0 Å². The fraction of sp³-hybridized carbons (Fsp3) is 0.435. The van der Waals surface area contributed by atoms with Gasteiger partial charge in [-0.25, -0.2) is 9.97 Å². The van der Waals surface area contributed by atoms with Crippen LogP contribution in [0.25, 0.3) is 22.6 Å². The Bertz CT molecular complexity index is 988. The Morgan fingerprint density at radius 3 is 2.55 bits per heavy atom. The summed E-state index contributed by atoms with van der Waals surface area (Å²) < 4.78 is 2.16. The van der Waals surface area contributed by atoms with E-state index in [0.29, 0.717) is 0 Å². The topological polar surface area (TPSA) is 54.3 Å². The van der Waals surface area contributed by atoms with E-state index in [9.17, 15) is 4.79 Å². The number of benzene rings is 1. The van der Waals surface area contributed by atoms with Crippen molar-refractivity contribution in [2.45, 2.75) is 33.2 Å². The van der Waals surface area contributed by atoms with Crippen LogP contribution in [0, 0.1) is 0 Å². The highest BCUT2D eigenvalue weighted by molar-refractivity contribution is 5.95. The van der Waals surface area contributed by atoms with Crippen LogP contribution in [-0.4, -0.2) is 63.0 Å². The number of fused-ring (bicyclic) bond motifs is 1. The minimum atomic E-state index is 0.110. The number of rotatable bonds is 6. The van der Waals surface area contributed by atoms with Crippen molar-refractivity contribution in [3.63, 3.8) is 0 Å². The quantitative estimate of drug-likeness (QED) is 0.643. The van der Waals surface area contributed by atoms with Gasteiger partial charge in [0.15, 0.2) is 5.65 Å². The van der Waals surface area contributed by atoms with Gasteiger partial charge in [-0.1, -0.05) is 26.0 Å². The van der Waals surface area contributed by atoms with E-state index in [0.717, 1.165) is 80.2 Å². The first-order valence-corrected chi connectivity index (χ1v) is 10.6. The zero-order valence-corrected chi connectivity index (χ0v) is 17.3. The largest absolute Gasteiger partial charge is 0.336 e. The number of hydrogen-bond donors (Lipinski definition) is 0. The van der Waals surface area contributed by atoms with E-state index in [-0.39, 0.29) is 5.91 Å². The van der Waals surface area contributed by atoms with Crippen molar-refractivity contribution in [2.24, 2.45) is 0 Å². The summed E-state index contributed by atoms with van der Waals surface area (Å²) in [6.07, 6.45) is 3.96. The molecule has 1 aliphatic rings. The van der Waals surface area contributed by atoms with Gasteiger partial charge in [0.2, 0.25) is 0 Å². The van der Waals surface area contributed by atoms with Crippen molar-refractivity contribution in [3.8, 4) is 11.4 Å². The number of piperazine rings is 1. The molecule has 0 aliphatic carbocycles. The first-order chi connectivity index (χ1) is 14.2. The van der Waals surface area contributed by atoms with E-state index in [1.54, 1.807) is 6.20 Å². The molecule has 4 rings (SSSR count). The number of carbonyl (C=O) groups is 1. The Labute approximate surface area is 172 Å². The number of imidazole rings is 1. The maximum Gasteiger partial charge on any atom is 0.253 e. The summed E-state index contributed by atoms with van der Waals surface area (Å²) in [7, 11) is 0. The highest BCUT2D eigenvalue weighted by atomic mass is 16.2. The zero-order chi connectivity index (χ0) is 20.2. The number of hydrogen-bond acceptors (Lipinski definition) is 4. The van der Waals surface area contributed by atoms with Gasteiger partial charge in [0, 0.05) is 50.0 Å². The molecule has 6 heteroatoms. The molecule has 0 spiro atoms. The smallest absolute Gasteiger partial charge is 0.253 e. The van der Waals surface area contributed by atoms with Crippen molar-refractivity contribution in [2.75, 3.05) is 32.7 Å². The second-order valence-electron chi connectivity index (χ2n) is 7.65. The van der Waals surface area contributed by atoms with Gasteiger partial charge in [0.25, 0.3) is 5.91 Å². The molecule has 0 unspecified atom stereocenters. The van der Waals surface area contributed by atoms with Crippen LogP contribution in [0.4, 0.5) is 0 Å². The van der Waals surface area contributed by atoms with Crippen LogP contribution in [0.5, 0.6) is 0 Å². The van der Waals surface area contributed by atoms with Crippen LogP contribution in [0.15, 0.2) is 42.6 Å². The number of amides is 1. The van der Waals surface area contributed by atoms with Crippen LogP contribution in [0.3, 0.4) is 0 Å². The van der Waals surface area contributed by atoms with Gasteiger partial charge < -0.3 is 9.47 Å². The summed E-state index contributed by atoms with van der Waals surface area (Å²) in [5, 5.41) is 0. The first kappa shape index (κ1) is 19.6. The molecular formula is C23H29N5O. The lowest BCUT2D eigenvalue weighted by atomic mass is 10.1. The SMILES string of the molecule is CCCN1CCN(C(=O)c2cccc(-c3nc4cccnc4n3CCC)c2)CC1. The fourth-order valence-corrected chi connectivity index (χ4v) is 4.08. The van der Waals surface area contributed by atoms with Gasteiger partial charge >= 0.3 is 0 Å². The molecule has 1 aliphatic heterocycles. The molecule has 0 atom stereocenters. The number of aromatic nitrogens is 3. The molecule has 29 heavy (non-hydrogen) atoms. The summed E-state index contributed by atoms with van der Waals surface area (Å²) in [4.78, 5) is 26.8. The third kappa shape index (κ3) is 4.03. The molecule has 1 aromatic carbocycles. The second kappa shape index (κ2) is 8.74. The number of carbonyl (C=O) groups excluding carboxylic acids is 1. The lowest BCUT2D eigenvalue weighted by Crippen LogP contribution is -2.48. The van der Waals surface area contributed by atoms with E-state index in [1.807, 2.05) is 41.3 Å². The standard InChI is InChI=1S/C23H29N5O/c1-3-11-26-13-15-27(16-14-26)23(29)19-8-5-7-18(17-19)21-25-20-9-6-10-24-22(20)28(21)12-4-2/h5-10,17H,3-4,11-16H2,1-2H3. The summed E-state index contributed by atoms with van der Waals surface area (Å²) in [6.45, 7) is 9.80. The maximum absolute atomic E-state index is 13.1. The molecule has 6 nitrogen and oxygen atoms in total. The Morgan fingerprint density at radius 1 is 1.00 bits per heavy atom. The zero-order valence-electron chi connectivity index (χ0n) is 17.3. The summed E-state index contributed by atoms with van der Waals surface area (Å²) in [6, 6.07) is 11.8. The molecule has 1 saturated heterocycles. The number of aryl methyl sites for hydroxylation is 1. The Morgan fingerprint density at radius 2 is 1.79 bits per heavy atom. The van der Waals surface area contributed by atoms with E-state index in [4.69, 9.17) is 4.98 Å². The van der Waals surface area contributed by atoms with Crippen molar-refractivity contribution in [1.29, 1.82) is 0 Å². The molecule has 2 aromatic heterocycles. The predicted molar refractivity (Wildman–Crippen MR) is 116 cm³/mol. The van der Waals surface area contributed by atoms with Crippen molar-refractivity contribution in [1.82, 2.24) is 24.3 Å². The van der Waals surface area contributed by atoms with Gasteiger partial charge in [-0.3, -0.25) is 9.69 Å².